The minimum atomic E-state index is 0.871. The molecule has 0 unspecified atom stereocenters. The van der Waals surface area contributed by atoms with Crippen molar-refractivity contribution in [2.45, 2.75) is 26.2 Å². The van der Waals surface area contributed by atoms with E-state index in [1.54, 1.807) is 0 Å². The van der Waals surface area contributed by atoms with Crippen molar-refractivity contribution in [2.24, 2.45) is 5.92 Å². The highest BCUT2D eigenvalue weighted by atomic mass is 16.5. The Morgan fingerprint density at radius 2 is 2.09 bits per heavy atom. The molecule has 66 valence electrons. The Hall–Kier alpha value is -0.0800. The average molecular weight is 157 g/mol. The van der Waals surface area contributed by atoms with Crippen LogP contribution in [0.3, 0.4) is 0 Å². The fourth-order valence-electron chi connectivity index (χ4n) is 1.43. The van der Waals surface area contributed by atoms with Crippen LogP contribution in [-0.2, 0) is 4.74 Å². The minimum Gasteiger partial charge on any atom is -0.381 e. The van der Waals surface area contributed by atoms with Crippen molar-refractivity contribution in [2.75, 3.05) is 26.3 Å². The molecule has 1 aliphatic rings. The Kier molecular flexibility index (Phi) is 4.55. The van der Waals surface area contributed by atoms with E-state index in [2.05, 4.69) is 12.2 Å². The molecule has 1 aliphatic heterocycles. The summed E-state index contributed by atoms with van der Waals surface area (Å²) in [6.07, 6.45) is 3.73. The Morgan fingerprint density at radius 3 is 2.73 bits per heavy atom. The molecule has 11 heavy (non-hydrogen) atoms. The van der Waals surface area contributed by atoms with E-state index in [0.29, 0.717) is 0 Å². The van der Waals surface area contributed by atoms with Gasteiger partial charge in [-0.3, -0.25) is 0 Å². The van der Waals surface area contributed by atoms with Crippen LogP contribution in [0.1, 0.15) is 26.2 Å². The average Bonchev–Trinajstić information content (AvgIpc) is 2.07. The third kappa shape index (κ3) is 3.73. The summed E-state index contributed by atoms with van der Waals surface area (Å²) in [7, 11) is 0. The van der Waals surface area contributed by atoms with Crippen LogP contribution in [0.25, 0.3) is 0 Å². The molecule has 0 atom stereocenters. The van der Waals surface area contributed by atoms with Gasteiger partial charge in [0.1, 0.15) is 0 Å². The molecular weight excluding hydrogens is 138 g/mol. The van der Waals surface area contributed by atoms with Gasteiger partial charge in [-0.15, -0.1) is 0 Å². The molecule has 2 nitrogen and oxygen atoms in total. The molecule has 1 N–H and O–H groups in total. The van der Waals surface area contributed by atoms with Crippen LogP contribution in [-0.4, -0.2) is 26.3 Å². The zero-order valence-corrected chi connectivity index (χ0v) is 7.44. The lowest BCUT2D eigenvalue weighted by Crippen LogP contribution is -2.28. The maximum absolute atomic E-state index is 5.28. The second kappa shape index (κ2) is 5.56. The van der Waals surface area contributed by atoms with Gasteiger partial charge in [0, 0.05) is 13.2 Å². The molecule has 1 fully saturated rings. The quantitative estimate of drug-likeness (QED) is 0.623. The second-order valence-electron chi connectivity index (χ2n) is 3.26. The van der Waals surface area contributed by atoms with E-state index in [0.717, 1.165) is 25.7 Å². The van der Waals surface area contributed by atoms with Gasteiger partial charge in [-0.05, 0) is 38.3 Å². The molecule has 1 rings (SSSR count). The lowest BCUT2D eigenvalue weighted by atomic mass is 10.0. The molecular formula is C9H19NO. The van der Waals surface area contributed by atoms with E-state index in [9.17, 15) is 0 Å². The van der Waals surface area contributed by atoms with Gasteiger partial charge in [-0.2, -0.15) is 0 Å². The number of nitrogens with one attached hydrogen (secondary N) is 1. The largest absolute Gasteiger partial charge is 0.381 e. The fraction of sp³-hybridized carbons (Fsp3) is 1.00. The van der Waals surface area contributed by atoms with Gasteiger partial charge in [0.05, 0.1) is 0 Å². The smallest absolute Gasteiger partial charge is 0.0469 e. The summed E-state index contributed by atoms with van der Waals surface area (Å²) in [4.78, 5) is 0. The molecule has 0 aromatic carbocycles. The van der Waals surface area contributed by atoms with Crippen LogP contribution >= 0.6 is 0 Å². The predicted octanol–water partition coefficient (Wildman–Crippen LogP) is 1.41. The van der Waals surface area contributed by atoms with E-state index < -0.39 is 0 Å². The number of ether oxygens (including phenoxy) is 1. The second-order valence-corrected chi connectivity index (χ2v) is 3.26. The Balaban J connectivity index is 1.96. The van der Waals surface area contributed by atoms with E-state index in [1.165, 1.54) is 25.8 Å². The van der Waals surface area contributed by atoms with Gasteiger partial charge in [-0.1, -0.05) is 6.92 Å². The van der Waals surface area contributed by atoms with Crippen LogP contribution in [0, 0.1) is 5.92 Å². The summed E-state index contributed by atoms with van der Waals surface area (Å²) in [6, 6.07) is 0. The van der Waals surface area contributed by atoms with Gasteiger partial charge in [0.25, 0.3) is 0 Å². The van der Waals surface area contributed by atoms with Crippen molar-refractivity contribution < 1.29 is 4.74 Å². The van der Waals surface area contributed by atoms with Crippen molar-refractivity contribution in [3.63, 3.8) is 0 Å². The zero-order valence-electron chi connectivity index (χ0n) is 7.44. The van der Waals surface area contributed by atoms with E-state index in [-0.39, 0.29) is 0 Å². The van der Waals surface area contributed by atoms with Crippen molar-refractivity contribution in [3.05, 3.63) is 0 Å². The van der Waals surface area contributed by atoms with Crippen molar-refractivity contribution in [1.29, 1.82) is 0 Å². The fourth-order valence-corrected chi connectivity index (χ4v) is 1.43. The van der Waals surface area contributed by atoms with Crippen molar-refractivity contribution >= 4 is 0 Å². The lowest BCUT2D eigenvalue weighted by molar-refractivity contribution is 0.0664. The van der Waals surface area contributed by atoms with E-state index >= 15 is 0 Å². The Morgan fingerprint density at radius 1 is 1.36 bits per heavy atom. The maximum Gasteiger partial charge on any atom is 0.0469 e. The van der Waals surface area contributed by atoms with Crippen LogP contribution in [0.2, 0.25) is 0 Å². The van der Waals surface area contributed by atoms with Crippen LogP contribution in [0.15, 0.2) is 0 Å². The standard InChI is InChI=1S/C9H19NO/c1-2-5-10-8-9-3-6-11-7-4-9/h9-10H,2-8H2,1H3. The minimum absolute atomic E-state index is 0.871. The van der Waals surface area contributed by atoms with Gasteiger partial charge >= 0.3 is 0 Å². The Labute approximate surface area is 69.3 Å². The van der Waals surface area contributed by atoms with Crippen LogP contribution < -0.4 is 5.32 Å². The molecule has 0 amide bonds. The predicted molar refractivity (Wildman–Crippen MR) is 46.7 cm³/mol. The molecule has 0 saturated carbocycles. The number of rotatable bonds is 4. The number of hydrogen-bond acceptors (Lipinski definition) is 2. The molecule has 0 spiro atoms. The molecule has 0 bridgehead atoms. The summed E-state index contributed by atoms with van der Waals surface area (Å²) in [5.41, 5.74) is 0. The monoisotopic (exact) mass is 157 g/mol. The zero-order chi connectivity index (χ0) is 7.94. The molecule has 2 heteroatoms. The molecule has 1 saturated heterocycles. The van der Waals surface area contributed by atoms with E-state index in [4.69, 9.17) is 4.74 Å². The lowest BCUT2D eigenvalue weighted by Gasteiger charge is -2.21. The SMILES string of the molecule is CCCNCC1CCOCC1. The third-order valence-corrected chi connectivity index (χ3v) is 2.20. The summed E-state index contributed by atoms with van der Waals surface area (Å²) < 4.78 is 5.28. The summed E-state index contributed by atoms with van der Waals surface area (Å²) in [5.74, 6) is 0.871. The normalized spacial score (nSPS) is 20.5. The van der Waals surface area contributed by atoms with Gasteiger partial charge in [-0.25, -0.2) is 0 Å². The molecule has 0 aromatic heterocycles. The Bertz CT molecular complexity index is 89.6. The van der Waals surface area contributed by atoms with Crippen LogP contribution in [0.5, 0.6) is 0 Å². The molecule has 0 aliphatic carbocycles. The van der Waals surface area contributed by atoms with Gasteiger partial charge in [0.15, 0.2) is 0 Å². The first-order chi connectivity index (χ1) is 5.43. The highest BCUT2D eigenvalue weighted by molar-refractivity contribution is 4.65. The molecule has 0 aromatic rings. The summed E-state index contributed by atoms with van der Waals surface area (Å²) in [5, 5.41) is 3.45. The van der Waals surface area contributed by atoms with Gasteiger partial charge < -0.3 is 10.1 Å². The maximum atomic E-state index is 5.28. The first-order valence-corrected chi connectivity index (χ1v) is 4.72. The van der Waals surface area contributed by atoms with Crippen molar-refractivity contribution in [3.8, 4) is 0 Å². The first kappa shape index (κ1) is 9.01. The van der Waals surface area contributed by atoms with Crippen molar-refractivity contribution in [1.82, 2.24) is 5.32 Å². The van der Waals surface area contributed by atoms with E-state index in [1.807, 2.05) is 0 Å². The topological polar surface area (TPSA) is 21.3 Å². The van der Waals surface area contributed by atoms with Gasteiger partial charge in [0.2, 0.25) is 0 Å². The third-order valence-electron chi connectivity index (χ3n) is 2.20. The molecule has 1 heterocycles. The highest BCUT2D eigenvalue weighted by Crippen LogP contribution is 2.12. The summed E-state index contributed by atoms with van der Waals surface area (Å²) in [6.45, 7) is 6.50. The first-order valence-electron chi connectivity index (χ1n) is 4.72. The highest BCUT2D eigenvalue weighted by Gasteiger charge is 2.12. The summed E-state index contributed by atoms with van der Waals surface area (Å²) >= 11 is 0. The number of hydrogen-bond donors (Lipinski definition) is 1. The van der Waals surface area contributed by atoms with Crippen LogP contribution in [0.4, 0.5) is 0 Å². The molecule has 0 radical (unpaired) electrons.